The number of carbonyl (C=O) groups is 1. The largest absolute Gasteiger partial charge is 0.338 e. The zero-order valence-corrected chi connectivity index (χ0v) is 15.4. The first-order valence-electron chi connectivity index (χ1n) is 8.61. The Balaban J connectivity index is 1.34. The Morgan fingerprint density at radius 1 is 1.22 bits per heavy atom. The first kappa shape index (κ1) is 17.4. The predicted octanol–water partition coefficient (Wildman–Crippen LogP) is 2.63. The Kier molecular flexibility index (Phi) is 4.96. The van der Waals surface area contributed by atoms with Crippen molar-refractivity contribution in [1.82, 2.24) is 19.9 Å². The standard InChI is InChI=1S/C19H17N5O2S/c20-12-14-3-1-4-15(11-14)19(25)24-8-6-23(7-9-24)13-17-21-18(22-26-17)16-5-2-10-27-16/h1-5,10-11H,6-9,13H2. The fraction of sp³-hybridized carbons (Fsp3) is 0.263. The van der Waals surface area contributed by atoms with Crippen molar-refractivity contribution in [2.45, 2.75) is 6.54 Å². The van der Waals surface area contributed by atoms with Gasteiger partial charge in [0, 0.05) is 31.7 Å². The number of rotatable bonds is 4. The van der Waals surface area contributed by atoms with E-state index in [0.717, 1.165) is 18.0 Å². The third-order valence-electron chi connectivity index (χ3n) is 4.47. The van der Waals surface area contributed by atoms with Gasteiger partial charge in [-0.2, -0.15) is 10.2 Å². The predicted molar refractivity (Wildman–Crippen MR) is 99.9 cm³/mol. The summed E-state index contributed by atoms with van der Waals surface area (Å²) in [6, 6.07) is 12.8. The van der Waals surface area contributed by atoms with E-state index in [1.54, 1.807) is 35.6 Å². The molecule has 1 fully saturated rings. The molecule has 1 aliphatic rings. The smallest absolute Gasteiger partial charge is 0.253 e. The lowest BCUT2D eigenvalue weighted by atomic mass is 10.1. The summed E-state index contributed by atoms with van der Waals surface area (Å²) in [5.74, 6) is 1.16. The lowest BCUT2D eigenvalue weighted by molar-refractivity contribution is 0.0615. The number of nitrogens with zero attached hydrogens (tertiary/aromatic N) is 5. The van der Waals surface area contributed by atoms with Crippen molar-refractivity contribution in [1.29, 1.82) is 5.26 Å². The average Bonchev–Trinajstić information content (AvgIpc) is 3.40. The van der Waals surface area contributed by atoms with E-state index >= 15 is 0 Å². The number of aromatic nitrogens is 2. The van der Waals surface area contributed by atoms with Gasteiger partial charge >= 0.3 is 0 Å². The maximum absolute atomic E-state index is 12.6. The van der Waals surface area contributed by atoms with Crippen LogP contribution in [0, 0.1) is 11.3 Å². The van der Waals surface area contributed by atoms with Crippen LogP contribution in [-0.4, -0.2) is 52.0 Å². The van der Waals surface area contributed by atoms with E-state index in [1.807, 2.05) is 22.4 Å². The summed E-state index contributed by atoms with van der Waals surface area (Å²) in [5.41, 5.74) is 1.05. The number of carbonyl (C=O) groups excluding carboxylic acids is 1. The summed E-state index contributed by atoms with van der Waals surface area (Å²) in [7, 11) is 0. The van der Waals surface area contributed by atoms with Gasteiger partial charge in [-0.25, -0.2) is 0 Å². The maximum Gasteiger partial charge on any atom is 0.253 e. The molecule has 1 amide bonds. The van der Waals surface area contributed by atoms with Crippen LogP contribution >= 0.6 is 11.3 Å². The molecule has 0 spiro atoms. The van der Waals surface area contributed by atoms with E-state index in [0.29, 0.717) is 42.5 Å². The summed E-state index contributed by atoms with van der Waals surface area (Å²) < 4.78 is 5.35. The summed E-state index contributed by atoms with van der Waals surface area (Å²) in [6.07, 6.45) is 0. The van der Waals surface area contributed by atoms with Gasteiger partial charge in [0.25, 0.3) is 5.91 Å². The maximum atomic E-state index is 12.6. The zero-order chi connectivity index (χ0) is 18.6. The highest BCUT2D eigenvalue weighted by Gasteiger charge is 2.23. The van der Waals surface area contributed by atoms with Crippen molar-refractivity contribution >= 4 is 17.2 Å². The van der Waals surface area contributed by atoms with Gasteiger partial charge in [0.05, 0.1) is 23.1 Å². The molecule has 1 aliphatic heterocycles. The molecule has 1 aromatic carbocycles. The Bertz CT molecular complexity index is 968. The van der Waals surface area contributed by atoms with Gasteiger partial charge in [-0.15, -0.1) is 11.3 Å². The number of amides is 1. The van der Waals surface area contributed by atoms with Crippen molar-refractivity contribution in [2.75, 3.05) is 26.2 Å². The van der Waals surface area contributed by atoms with Gasteiger partial charge in [0.15, 0.2) is 0 Å². The molecule has 0 bridgehead atoms. The van der Waals surface area contributed by atoms with Crippen LogP contribution in [0.15, 0.2) is 46.3 Å². The van der Waals surface area contributed by atoms with Crippen molar-refractivity contribution < 1.29 is 9.32 Å². The van der Waals surface area contributed by atoms with E-state index < -0.39 is 0 Å². The van der Waals surface area contributed by atoms with Crippen LogP contribution in [-0.2, 0) is 6.54 Å². The van der Waals surface area contributed by atoms with Gasteiger partial charge in [-0.1, -0.05) is 17.3 Å². The number of piperazine rings is 1. The summed E-state index contributed by atoms with van der Waals surface area (Å²) >= 11 is 1.58. The van der Waals surface area contributed by atoms with Gasteiger partial charge in [-0.3, -0.25) is 9.69 Å². The lowest BCUT2D eigenvalue weighted by Gasteiger charge is -2.34. The first-order valence-corrected chi connectivity index (χ1v) is 9.49. The van der Waals surface area contributed by atoms with E-state index in [1.165, 1.54) is 0 Å². The molecule has 3 heterocycles. The zero-order valence-electron chi connectivity index (χ0n) is 14.5. The Morgan fingerprint density at radius 3 is 2.81 bits per heavy atom. The van der Waals surface area contributed by atoms with Gasteiger partial charge < -0.3 is 9.42 Å². The SMILES string of the molecule is N#Cc1cccc(C(=O)N2CCN(Cc3nc(-c4cccs4)no3)CC2)c1. The molecule has 8 heteroatoms. The minimum Gasteiger partial charge on any atom is -0.338 e. The number of benzene rings is 1. The third kappa shape index (κ3) is 3.89. The molecule has 0 N–H and O–H groups in total. The second-order valence-electron chi connectivity index (χ2n) is 6.25. The fourth-order valence-electron chi connectivity index (χ4n) is 3.03. The minimum atomic E-state index is -0.0375. The quantitative estimate of drug-likeness (QED) is 0.693. The molecule has 1 saturated heterocycles. The monoisotopic (exact) mass is 379 g/mol. The second kappa shape index (κ2) is 7.70. The molecule has 0 aliphatic carbocycles. The van der Waals surface area contributed by atoms with Crippen LogP contribution in [0.1, 0.15) is 21.8 Å². The first-order chi connectivity index (χ1) is 13.2. The van der Waals surface area contributed by atoms with E-state index in [4.69, 9.17) is 9.78 Å². The number of hydrogen-bond acceptors (Lipinski definition) is 7. The normalized spacial score (nSPS) is 14.9. The van der Waals surface area contributed by atoms with Crippen molar-refractivity contribution in [3.63, 3.8) is 0 Å². The molecular weight excluding hydrogens is 362 g/mol. The highest BCUT2D eigenvalue weighted by molar-refractivity contribution is 7.13. The Labute approximate surface area is 160 Å². The summed E-state index contributed by atoms with van der Waals surface area (Å²) in [6.45, 7) is 3.30. The molecule has 4 rings (SSSR count). The van der Waals surface area contributed by atoms with E-state index in [-0.39, 0.29) is 5.91 Å². The summed E-state index contributed by atoms with van der Waals surface area (Å²) in [4.78, 5) is 22.1. The van der Waals surface area contributed by atoms with Gasteiger partial charge in [0.1, 0.15) is 0 Å². The number of thiophene rings is 1. The van der Waals surface area contributed by atoms with Gasteiger partial charge in [-0.05, 0) is 29.6 Å². The fourth-order valence-corrected chi connectivity index (χ4v) is 3.68. The molecule has 27 heavy (non-hydrogen) atoms. The topological polar surface area (TPSA) is 86.3 Å². The van der Waals surface area contributed by atoms with Crippen LogP contribution in [0.2, 0.25) is 0 Å². The highest BCUT2D eigenvalue weighted by atomic mass is 32.1. The van der Waals surface area contributed by atoms with Crippen LogP contribution in [0.5, 0.6) is 0 Å². The molecule has 7 nitrogen and oxygen atoms in total. The molecule has 2 aromatic heterocycles. The molecule has 0 radical (unpaired) electrons. The third-order valence-corrected chi connectivity index (χ3v) is 5.33. The summed E-state index contributed by atoms with van der Waals surface area (Å²) in [5, 5.41) is 15.0. The van der Waals surface area contributed by atoms with Crippen LogP contribution in [0.4, 0.5) is 0 Å². The molecular formula is C19H17N5O2S. The molecule has 3 aromatic rings. The molecule has 0 unspecified atom stereocenters. The number of hydrogen-bond donors (Lipinski definition) is 0. The van der Waals surface area contributed by atoms with E-state index in [2.05, 4.69) is 21.1 Å². The van der Waals surface area contributed by atoms with Crippen molar-refractivity contribution in [2.24, 2.45) is 0 Å². The van der Waals surface area contributed by atoms with Crippen molar-refractivity contribution in [3.8, 4) is 16.8 Å². The van der Waals surface area contributed by atoms with Crippen molar-refractivity contribution in [3.05, 3.63) is 58.8 Å². The van der Waals surface area contributed by atoms with Gasteiger partial charge in [0.2, 0.25) is 11.7 Å². The highest BCUT2D eigenvalue weighted by Crippen LogP contribution is 2.21. The lowest BCUT2D eigenvalue weighted by Crippen LogP contribution is -2.48. The molecule has 0 atom stereocenters. The van der Waals surface area contributed by atoms with E-state index in [9.17, 15) is 4.79 Å². The molecule has 0 saturated carbocycles. The Morgan fingerprint density at radius 2 is 2.07 bits per heavy atom. The van der Waals surface area contributed by atoms with Crippen LogP contribution in [0.3, 0.4) is 0 Å². The van der Waals surface area contributed by atoms with Crippen LogP contribution in [0.25, 0.3) is 10.7 Å². The number of nitriles is 1. The Hall–Kier alpha value is -3.02. The minimum absolute atomic E-state index is 0.0375. The van der Waals surface area contributed by atoms with Crippen LogP contribution < -0.4 is 0 Å². The second-order valence-corrected chi connectivity index (χ2v) is 7.20. The molecule has 136 valence electrons. The average molecular weight is 379 g/mol.